The SMILES string of the molecule is COc1ccc(CC(=O)Nc2nc(-c3ccc4c(c3)CCN4C)c(C)s2)cc1. The third-order valence-corrected chi connectivity index (χ3v) is 5.93. The smallest absolute Gasteiger partial charge is 0.230 e. The molecule has 1 aromatic heterocycles. The van der Waals surface area contributed by atoms with E-state index in [0.29, 0.717) is 11.6 Å². The lowest BCUT2D eigenvalue weighted by molar-refractivity contribution is -0.115. The molecule has 28 heavy (non-hydrogen) atoms. The van der Waals surface area contributed by atoms with Crippen LogP contribution in [0.15, 0.2) is 42.5 Å². The van der Waals surface area contributed by atoms with E-state index in [1.807, 2.05) is 31.2 Å². The number of methoxy groups -OCH3 is 1. The van der Waals surface area contributed by atoms with Crippen LogP contribution in [-0.2, 0) is 17.6 Å². The molecule has 0 spiro atoms. The molecule has 4 rings (SSSR count). The molecule has 1 aliphatic heterocycles. The van der Waals surface area contributed by atoms with Gasteiger partial charge in [-0.1, -0.05) is 18.2 Å². The van der Waals surface area contributed by atoms with Gasteiger partial charge < -0.3 is 15.0 Å². The average Bonchev–Trinajstić information content (AvgIpc) is 3.24. The maximum atomic E-state index is 12.4. The van der Waals surface area contributed by atoms with Gasteiger partial charge in [0.15, 0.2) is 5.13 Å². The predicted molar refractivity (Wildman–Crippen MR) is 115 cm³/mol. The Morgan fingerprint density at radius 2 is 2.04 bits per heavy atom. The summed E-state index contributed by atoms with van der Waals surface area (Å²) in [6.45, 7) is 3.10. The number of aromatic nitrogens is 1. The van der Waals surface area contributed by atoms with Crippen molar-refractivity contribution >= 4 is 28.1 Å². The third kappa shape index (κ3) is 3.73. The number of carbonyl (C=O) groups is 1. The summed E-state index contributed by atoms with van der Waals surface area (Å²) in [5.41, 5.74) is 5.65. The van der Waals surface area contributed by atoms with E-state index in [-0.39, 0.29) is 5.91 Å². The number of rotatable bonds is 5. The van der Waals surface area contributed by atoms with Crippen molar-refractivity contribution in [2.75, 3.05) is 30.9 Å². The molecule has 0 radical (unpaired) electrons. The minimum Gasteiger partial charge on any atom is -0.497 e. The number of aryl methyl sites for hydroxylation is 1. The van der Waals surface area contributed by atoms with E-state index >= 15 is 0 Å². The molecule has 5 nitrogen and oxygen atoms in total. The fourth-order valence-electron chi connectivity index (χ4n) is 3.52. The normalized spacial score (nSPS) is 12.8. The van der Waals surface area contributed by atoms with Gasteiger partial charge in [-0.05, 0) is 48.7 Å². The Kier molecular flexibility index (Phi) is 5.05. The number of hydrogen-bond acceptors (Lipinski definition) is 5. The van der Waals surface area contributed by atoms with Gasteiger partial charge in [0.2, 0.25) is 5.91 Å². The molecule has 1 amide bonds. The van der Waals surface area contributed by atoms with E-state index in [2.05, 4.69) is 40.4 Å². The number of nitrogens with one attached hydrogen (secondary N) is 1. The summed E-state index contributed by atoms with van der Waals surface area (Å²) >= 11 is 1.51. The van der Waals surface area contributed by atoms with E-state index in [1.54, 1.807) is 7.11 Å². The third-order valence-electron chi connectivity index (χ3n) is 5.05. The van der Waals surface area contributed by atoms with Gasteiger partial charge in [-0.2, -0.15) is 0 Å². The van der Waals surface area contributed by atoms with Crippen molar-refractivity contribution in [3.05, 3.63) is 58.5 Å². The number of nitrogens with zero attached hydrogens (tertiary/aromatic N) is 2. The second-order valence-corrected chi connectivity index (χ2v) is 8.22. The Bertz CT molecular complexity index is 1010. The largest absolute Gasteiger partial charge is 0.497 e. The first-order valence-electron chi connectivity index (χ1n) is 9.28. The molecule has 3 aromatic rings. The van der Waals surface area contributed by atoms with Crippen LogP contribution in [0, 0.1) is 6.92 Å². The molecule has 0 unspecified atom stereocenters. The van der Waals surface area contributed by atoms with Crippen LogP contribution in [0.2, 0.25) is 0 Å². The summed E-state index contributed by atoms with van der Waals surface area (Å²) < 4.78 is 5.15. The lowest BCUT2D eigenvalue weighted by Gasteiger charge is -2.11. The molecule has 2 aromatic carbocycles. The van der Waals surface area contributed by atoms with Crippen LogP contribution in [0.25, 0.3) is 11.3 Å². The molecular formula is C22H23N3O2S. The second-order valence-electron chi connectivity index (χ2n) is 7.01. The summed E-state index contributed by atoms with van der Waals surface area (Å²) in [5.74, 6) is 0.714. The molecule has 144 valence electrons. The Balaban J connectivity index is 1.47. The van der Waals surface area contributed by atoms with Crippen LogP contribution < -0.4 is 15.0 Å². The number of ether oxygens (including phenoxy) is 1. The predicted octanol–water partition coefficient (Wildman–Crippen LogP) is 4.30. The van der Waals surface area contributed by atoms with Crippen molar-refractivity contribution in [3.63, 3.8) is 0 Å². The quantitative estimate of drug-likeness (QED) is 0.702. The van der Waals surface area contributed by atoms with Gasteiger partial charge >= 0.3 is 0 Å². The number of carbonyl (C=O) groups excluding carboxylic acids is 1. The molecule has 1 N–H and O–H groups in total. The van der Waals surface area contributed by atoms with Crippen molar-refractivity contribution in [3.8, 4) is 17.0 Å². The Labute approximate surface area is 169 Å². The molecule has 2 heterocycles. The lowest BCUT2D eigenvalue weighted by Crippen LogP contribution is -2.14. The Morgan fingerprint density at radius 3 is 2.79 bits per heavy atom. The fourth-order valence-corrected chi connectivity index (χ4v) is 4.38. The second kappa shape index (κ2) is 7.64. The van der Waals surface area contributed by atoms with Crippen LogP contribution in [0.1, 0.15) is 16.0 Å². The van der Waals surface area contributed by atoms with Crippen LogP contribution >= 0.6 is 11.3 Å². The number of likely N-dealkylation sites (N-methyl/N-ethyl adjacent to an activating group) is 1. The average molecular weight is 394 g/mol. The number of amides is 1. The van der Waals surface area contributed by atoms with E-state index in [4.69, 9.17) is 4.74 Å². The number of hydrogen-bond donors (Lipinski definition) is 1. The van der Waals surface area contributed by atoms with Crippen LogP contribution in [0.3, 0.4) is 0 Å². The zero-order valence-electron chi connectivity index (χ0n) is 16.3. The monoisotopic (exact) mass is 393 g/mol. The number of benzene rings is 2. The van der Waals surface area contributed by atoms with E-state index in [0.717, 1.165) is 40.4 Å². The van der Waals surface area contributed by atoms with Gasteiger partial charge in [-0.25, -0.2) is 4.98 Å². The van der Waals surface area contributed by atoms with Gasteiger partial charge in [-0.15, -0.1) is 11.3 Å². The highest BCUT2D eigenvalue weighted by Gasteiger charge is 2.18. The van der Waals surface area contributed by atoms with Gasteiger partial charge in [-0.3, -0.25) is 4.79 Å². The van der Waals surface area contributed by atoms with Crippen molar-refractivity contribution in [1.82, 2.24) is 4.98 Å². The number of fused-ring (bicyclic) bond motifs is 1. The number of anilines is 2. The minimum atomic E-state index is -0.0685. The molecule has 0 fully saturated rings. The van der Waals surface area contributed by atoms with Gasteiger partial charge in [0, 0.05) is 29.7 Å². The lowest BCUT2D eigenvalue weighted by atomic mass is 10.1. The van der Waals surface area contributed by atoms with Crippen molar-refractivity contribution < 1.29 is 9.53 Å². The van der Waals surface area contributed by atoms with Crippen LogP contribution in [-0.4, -0.2) is 31.6 Å². The summed E-state index contributed by atoms with van der Waals surface area (Å²) in [7, 11) is 3.75. The highest BCUT2D eigenvalue weighted by atomic mass is 32.1. The van der Waals surface area contributed by atoms with Gasteiger partial charge in [0.25, 0.3) is 0 Å². The van der Waals surface area contributed by atoms with Crippen molar-refractivity contribution in [1.29, 1.82) is 0 Å². The molecule has 0 bridgehead atoms. The van der Waals surface area contributed by atoms with Crippen LogP contribution in [0.5, 0.6) is 5.75 Å². The van der Waals surface area contributed by atoms with Gasteiger partial charge in [0.1, 0.15) is 5.75 Å². The molecule has 6 heteroatoms. The molecule has 0 saturated heterocycles. The van der Waals surface area contributed by atoms with Crippen molar-refractivity contribution in [2.45, 2.75) is 19.8 Å². The minimum absolute atomic E-state index is 0.0685. The first kappa shape index (κ1) is 18.5. The zero-order chi connectivity index (χ0) is 19.7. The highest BCUT2D eigenvalue weighted by molar-refractivity contribution is 7.16. The first-order valence-corrected chi connectivity index (χ1v) is 10.1. The summed E-state index contributed by atoms with van der Waals surface area (Å²) in [5, 5.41) is 3.58. The first-order chi connectivity index (χ1) is 13.5. The summed E-state index contributed by atoms with van der Waals surface area (Å²) in [4.78, 5) is 20.5. The van der Waals surface area contributed by atoms with Gasteiger partial charge in [0.05, 0.1) is 19.2 Å². The summed E-state index contributed by atoms with van der Waals surface area (Å²) in [6, 6.07) is 14.0. The molecular weight excluding hydrogens is 370 g/mol. The molecule has 0 saturated carbocycles. The Hall–Kier alpha value is -2.86. The topological polar surface area (TPSA) is 54.5 Å². The van der Waals surface area contributed by atoms with Crippen molar-refractivity contribution in [2.24, 2.45) is 0 Å². The molecule has 1 aliphatic rings. The molecule has 0 aliphatic carbocycles. The van der Waals surface area contributed by atoms with E-state index in [1.165, 1.54) is 22.6 Å². The molecule has 0 atom stereocenters. The van der Waals surface area contributed by atoms with E-state index in [9.17, 15) is 4.79 Å². The summed E-state index contributed by atoms with van der Waals surface area (Å²) in [6.07, 6.45) is 1.37. The number of thiazole rings is 1. The highest BCUT2D eigenvalue weighted by Crippen LogP contribution is 2.35. The van der Waals surface area contributed by atoms with E-state index < -0.39 is 0 Å². The maximum Gasteiger partial charge on any atom is 0.230 e. The fraction of sp³-hybridized carbons (Fsp3) is 0.273. The van der Waals surface area contributed by atoms with Crippen LogP contribution in [0.4, 0.5) is 10.8 Å². The zero-order valence-corrected chi connectivity index (χ0v) is 17.1. The Morgan fingerprint density at radius 1 is 1.25 bits per heavy atom. The maximum absolute atomic E-state index is 12.4. The standard InChI is InChI=1S/C22H23N3O2S/c1-14-21(17-6-9-19-16(13-17)10-11-25(19)2)24-22(28-14)23-20(26)12-15-4-7-18(27-3)8-5-15/h4-9,13H,10-12H2,1-3H3,(H,23,24,26).